The molecule has 0 atom stereocenters. The van der Waals surface area contributed by atoms with Gasteiger partial charge in [0, 0.05) is 38.6 Å². The SMILES string of the molecule is O=C(Nc1ccc(N2CCN(Cc3ccc4c(c3)OCO4)CC2)nn1)C1CCC1. The lowest BCUT2D eigenvalue weighted by molar-refractivity contribution is -0.122. The van der Waals surface area contributed by atoms with Crippen LogP contribution in [-0.2, 0) is 11.3 Å². The number of rotatable bonds is 5. The third kappa shape index (κ3) is 3.98. The van der Waals surface area contributed by atoms with Crippen molar-refractivity contribution < 1.29 is 14.3 Å². The monoisotopic (exact) mass is 395 g/mol. The molecule has 1 amide bonds. The van der Waals surface area contributed by atoms with Gasteiger partial charge in [0.15, 0.2) is 23.1 Å². The van der Waals surface area contributed by atoms with E-state index >= 15 is 0 Å². The Kier molecular flexibility index (Phi) is 4.93. The Balaban J connectivity index is 1.13. The van der Waals surface area contributed by atoms with Crippen molar-refractivity contribution in [2.75, 3.05) is 43.2 Å². The third-order valence-corrected chi connectivity index (χ3v) is 5.92. The Morgan fingerprint density at radius 2 is 1.86 bits per heavy atom. The van der Waals surface area contributed by atoms with Crippen molar-refractivity contribution in [2.24, 2.45) is 5.92 Å². The molecular formula is C21H25N5O3. The number of carbonyl (C=O) groups is 1. The highest BCUT2D eigenvalue weighted by Crippen LogP contribution is 2.33. The van der Waals surface area contributed by atoms with Crippen LogP contribution in [0.1, 0.15) is 24.8 Å². The average molecular weight is 395 g/mol. The summed E-state index contributed by atoms with van der Waals surface area (Å²) in [7, 11) is 0. The topological polar surface area (TPSA) is 79.8 Å². The first-order valence-electron chi connectivity index (χ1n) is 10.2. The maximum absolute atomic E-state index is 12.0. The predicted molar refractivity (Wildman–Crippen MR) is 108 cm³/mol. The van der Waals surface area contributed by atoms with Gasteiger partial charge in [0.05, 0.1) is 0 Å². The number of nitrogens with zero attached hydrogens (tertiary/aromatic N) is 4. The molecule has 0 bridgehead atoms. The maximum Gasteiger partial charge on any atom is 0.231 e. The quantitative estimate of drug-likeness (QED) is 0.832. The number of hydrogen-bond acceptors (Lipinski definition) is 7. The van der Waals surface area contributed by atoms with Crippen molar-refractivity contribution >= 4 is 17.5 Å². The van der Waals surface area contributed by atoms with Gasteiger partial charge < -0.3 is 19.7 Å². The Hall–Kier alpha value is -2.87. The van der Waals surface area contributed by atoms with Gasteiger partial charge in [-0.2, -0.15) is 0 Å². The number of piperazine rings is 1. The van der Waals surface area contributed by atoms with Crippen LogP contribution in [0.2, 0.25) is 0 Å². The predicted octanol–water partition coefficient (Wildman–Crippen LogP) is 2.27. The minimum Gasteiger partial charge on any atom is -0.454 e. The van der Waals surface area contributed by atoms with Gasteiger partial charge in [-0.1, -0.05) is 12.5 Å². The molecule has 1 aromatic carbocycles. The lowest BCUT2D eigenvalue weighted by Crippen LogP contribution is -2.46. The van der Waals surface area contributed by atoms with Gasteiger partial charge in [-0.05, 0) is 42.7 Å². The molecule has 0 radical (unpaired) electrons. The zero-order chi connectivity index (χ0) is 19.6. The fourth-order valence-electron chi connectivity index (χ4n) is 3.89. The molecule has 1 aromatic heterocycles. The van der Waals surface area contributed by atoms with Crippen LogP contribution in [0, 0.1) is 5.92 Å². The van der Waals surface area contributed by atoms with Crippen molar-refractivity contribution in [3.05, 3.63) is 35.9 Å². The molecule has 1 saturated heterocycles. The van der Waals surface area contributed by atoms with E-state index in [1.54, 1.807) is 0 Å². The number of nitrogens with one attached hydrogen (secondary N) is 1. The highest BCUT2D eigenvalue weighted by Gasteiger charge is 2.25. The normalized spacial score (nSPS) is 19.1. The van der Waals surface area contributed by atoms with Crippen molar-refractivity contribution in [3.63, 3.8) is 0 Å². The molecule has 0 unspecified atom stereocenters. The summed E-state index contributed by atoms with van der Waals surface area (Å²) >= 11 is 0. The van der Waals surface area contributed by atoms with E-state index in [9.17, 15) is 4.79 Å². The summed E-state index contributed by atoms with van der Waals surface area (Å²) in [5.74, 6) is 3.26. The van der Waals surface area contributed by atoms with Crippen molar-refractivity contribution in [1.29, 1.82) is 0 Å². The summed E-state index contributed by atoms with van der Waals surface area (Å²) < 4.78 is 10.8. The molecule has 3 aliphatic rings. The number of fused-ring (bicyclic) bond motifs is 1. The van der Waals surface area contributed by atoms with Crippen LogP contribution >= 0.6 is 0 Å². The molecule has 1 aliphatic carbocycles. The first-order valence-corrected chi connectivity index (χ1v) is 10.2. The van der Waals surface area contributed by atoms with E-state index < -0.39 is 0 Å². The molecule has 5 rings (SSSR count). The smallest absolute Gasteiger partial charge is 0.231 e. The molecule has 3 heterocycles. The summed E-state index contributed by atoms with van der Waals surface area (Å²) in [4.78, 5) is 16.7. The maximum atomic E-state index is 12.0. The van der Waals surface area contributed by atoms with Gasteiger partial charge in [-0.15, -0.1) is 10.2 Å². The first kappa shape index (κ1) is 18.2. The summed E-state index contributed by atoms with van der Waals surface area (Å²) in [6.07, 6.45) is 3.10. The largest absolute Gasteiger partial charge is 0.454 e. The van der Waals surface area contributed by atoms with Gasteiger partial charge in [-0.3, -0.25) is 9.69 Å². The number of carbonyl (C=O) groups excluding carboxylic acids is 1. The number of benzene rings is 1. The summed E-state index contributed by atoms with van der Waals surface area (Å²) in [5.41, 5.74) is 1.23. The molecule has 2 aliphatic heterocycles. The van der Waals surface area contributed by atoms with Crippen LogP contribution < -0.4 is 19.7 Å². The number of hydrogen-bond donors (Lipinski definition) is 1. The van der Waals surface area contributed by atoms with E-state index in [1.165, 1.54) is 5.56 Å². The lowest BCUT2D eigenvalue weighted by atomic mass is 9.85. The van der Waals surface area contributed by atoms with Crippen molar-refractivity contribution in [1.82, 2.24) is 15.1 Å². The number of ether oxygens (including phenoxy) is 2. The molecule has 29 heavy (non-hydrogen) atoms. The van der Waals surface area contributed by atoms with Gasteiger partial charge in [0.25, 0.3) is 0 Å². The molecule has 1 N–H and O–H groups in total. The van der Waals surface area contributed by atoms with E-state index in [1.807, 2.05) is 18.2 Å². The Bertz CT molecular complexity index is 876. The minimum atomic E-state index is 0.0652. The highest BCUT2D eigenvalue weighted by atomic mass is 16.7. The second kappa shape index (κ2) is 7.87. The van der Waals surface area contributed by atoms with E-state index in [0.29, 0.717) is 12.6 Å². The standard InChI is InChI=1S/C21H25N5O3/c27-21(16-2-1-3-16)22-19-6-7-20(24-23-19)26-10-8-25(9-11-26)13-15-4-5-17-18(12-15)29-14-28-17/h4-7,12,16H,1-3,8-11,13-14H2,(H,22,23,27). The zero-order valence-electron chi connectivity index (χ0n) is 16.3. The average Bonchev–Trinajstić information content (AvgIpc) is 3.16. The minimum absolute atomic E-state index is 0.0652. The molecule has 1 saturated carbocycles. The Morgan fingerprint density at radius 3 is 2.59 bits per heavy atom. The Morgan fingerprint density at radius 1 is 1.03 bits per heavy atom. The molecule has 8 heteroatoms. The lowest BCUT2D eigenvalue weighted by Gasteiger charge is -2.35. The third-order valence-electron chi connectivity index (χ3n) is 5.92. The molecule has 8 nitrogen and oxygen atoms in total. The van der Waals surface area contributed by atoms with E-state index in [4.69, 9.17) is 9.47 Å². The van der Waals surface area contributed by atoms with Crippen LogP contribution in [0.3, 0.4) is 0 Å². The van der Waals surface area contributed by atoms with Gasteiger partial charge in [0.1, 0.15) is 0 Å². The Labute approximate surface area is 169 Å². The molecule has 0 spiro atoms. The molecule has 152 valence electrons. The van der Waals surface area contributed by atoms with Crippen LogP contribution in [-0.4, -0.2) is 54.0 Å². The van der Waals surface area contributed by atoms with Gasteiger partial charge in [-0.25, -0.2) is 0 Å². The summed E-state index contributed by atoms with van der Waals surface area (Å²) in [6, 6.07) is 9.93. The van der Waals surface area contributed by atoms with Crippen LogP contribution in [0.25, 0.3) is 0 Å². The van der Waals surface area contributed by atoms with E-state index in [2.05, 4.69) is 37.4 Å². The first-order chi connectivity index (χ1) is 14.2. The number of aromatic nitrogens is 2. The van der Waals surface area contributed by atoms with Crippen molar-refractivity contribution in [2.45, 2.75) is 25.8 Å². The summed E-state index contributed by atoms with van der Waals surface area (Å²) in [6.45, 7) is 4.90. The molecule has 2 fully saturated rings. The van der Waals surface area contributed by atoms with Crippen molar-refractivity contribution in [3.8, 4) is 11.5 Å². The second-order valence-corrected chi connectivity index (χ2v) is 7.84. The van der Waals surface area contributed by atoms with E-state index in [0.717, 1.165) is 69.3 Å². The fraction of sp³-hybridized carbons (Fsp3) is 0.476. The van der Waals surface area contributed by atoms with Gasteiger partial charge >= 0.3 is 0 Å². The molecular weight excluding hydrogens is 370 g/mol. The fourth-order valence-corrected chi connectivity index (χ4v) is 3.89. The van der Waals surface area contributed by atoms with Crippen LogP contribution in [0.15, 0.2) is 30.3 Å². The number of anilines is 2. The second-order valence-electron chi connectivity index (χ2n) is 7.84. The van der Waals surface area contributed by atoms with Crippen LogP contribution in [0.4, 0.5) is 11.6 Å². The molecule has 2 aromatic rings. The highest BCUT2D eigenvalue weighted by molar-refractivity contribution is 5.92. The van der Waals surface area contributed by atoms with Gasteiger partial charge in [0.2, 0.25) is 12.7 Å². The number of amides is 1. The van der Waals surface area contributed by atoms with E-state index in [-0.39, 0.29) is 11.8 Å². The zero-order valence-corrected chi connectivity index (χ0v) is 16.3. The van der Waals surface area contributed by atoms with Crippen LogP contribution in [0.5, 0.6) is 11.5 Å². The summed E-state index contributed by atoms with van der Waals surface area (Å²) in [5, 5.41) is 11.4.